The molecule has 208 valence electrons. The number of nitrogens with one attached hydrogen (secondary N) is 1. The van der Waals surface area contributed by atoms with E-state index in [1.54, 1.807) is 25.3 Å². The van der Waals surface area contributed by atoms with Crippen molar-refractivity contribution < 1.29 is 28.2 Å². The summed E-state index contributed by atoms with van der Waals surface area (Å²) in [6.45, 7) is 3.67. The molecule has 0 radical (unpaired) electrons. The molecule has 0 saturated heterocycles. The smallest absolute Gasteiger partial charge is 0.416 e. The fourth-order valence-electron chi connectivity index (χ4n) is 4.77. The van der Waals surface area contributed by atoms with Crippen LogP contribution in [0.15, 0.2) is 64.4 Å². The van der Waals surface area contributed by atoms with Crippen molar-refractivity contribution >= 4 is 44.9 Å². The molecule has 0 spiro atoms. The summed E-state index contributed by atoms with van der Waals surface area (Å²) >= 11 is 4.86. The summed E-state index contributed by atoms with van der Waals surface area (Å²) in [6, 6.07) is 1.83. The van der Waals surface area contributed by atoms with Crippen LogP contribution < -0.4 is 5.32 Å². The summed E-state index contributed by atoms with van der Waals surface area (Å²) in [5.74, 6) is -0.785. The normalized spacial score (nSPS) is 20.8. The molecular formula is C28H24BrF3N4O3S. The van der Waals surface area contributed by atoms with E-state index < -0.39 is 23.3 Å². The maximum absolute atomic E-state index is 13.2. The Bertz CT molecular complexity index is 1600. The molecule has 2 aliphatic rings. The highest BCUT2D eigenvalue weighted by Gasteiger charge is 2.38. The van der Waals surface area contributed by atoms with E-state index in [0.29, 0.717) is 50.7 Å². The molecule has 5 rings (SSSR count). The van der Waals surface area contributed by atoms with Gasteiger partial charge in [0.05, 0.1) is 21.7 Å². The van der Waals surface area contributed by atoms with Gasteiger partial charge in [-0.1, -0.05) is 18.2 Å². The molecule has 3 heterocycles. The van der Waals surface area contributed by atoms with Crippen molar-refractivity contribution in [1.29, 1.82) is 0 Å². The van der Waals surface area contributed by atoms with Gasteiger partial charge in [0, 0.05) is 16.9 Å². The number of nitrogens with zero attached hydrogens (tertiary/aromatic N) is 3. The number of carboxylic acid groups (broad SMARTS) is 1. The number of halogens is 4. The highest BCUT2D eigenvalue weighted by Crippen LogP contribution is 2.45. The number of carboxylic acids is 1. The number of hydrogen-bond acceptors (Lipinski definition) is 7. The van der Waals surface area contributed by atoms with E-state index in [1.807, 2.05) is 13.0 Å². The number of allylic oxidation sites excluding steroid dienone is 2. The number of aromatic nitrogens is 3. The van der Waals surface area contributed by atoms with Gasteiger partial charge < -0.3 is 15.5 Å². The minimum absolute atomic E-state index is 0.00633. The predicted molar refractivity (Wildman–Crippen MR) is 149 cm³/mol. The predicted octanol–water partition coefficient (Wildman–Crippen LogP) is 7.24. The Morgan fingerprint density at radius 2 is 1.98 bits per heavy atom. The van der Waals surface area contributed by atoms with Crippen molar-refractivity contribution in [3.05, 3.63) is 86.1 Å². The Morgan fingerprint density at radius 3 is 2.70 bits per heavy atom. The third-order valence-electron chi connectivity index (χ3n) is 7.14. The second-order valence-electron chi connectivity index (χ2n) is 9.75. The number of hydrogen-bond donors (Lipinski definition) is 3. The minimum atomic E-state index is -4.51. The Labute approximate surface area is 240 Å². The van der Waals surface area contributed by atoms with Gasteiger partial charge in [-0.05, 0) is 89.9 Å². The molecule has 0 aliphatic heterocycles. The number of pyridine rings is 2. The molecule has 2 aliphatic carbocycles. The van der Waals surface area contributed by atoms with Gasteiger partial charge in [-0.25, -0.2) is 19.7 Å². The standard InChI is InChI=1S/C28H24BrF3N4O3S/c1-14-15(2)24(35-21-12-19(7-9-33-21)28(30,31)32)36-23(22(14)29)20-13-34-26(40-20)27(39)8-3-4-16-10-17(25(37)38)5-6-18(27)11-16/h5-7,9-13,16,39H,3-4,8H2,1-2H3,(H,37,38)(H,33,35,36). The molecular weight excluding hydrogens is 609 g/mol. The summed E-state index contributed by atoms with van der Waals surface area (Å²) in [5, 5.41) is 24.7. The number of aliphatic carboxylic acids is 1. The van der Waals surface area contributed by atoms with Crippen LogP contribution in [0.4, 0.5) is 24.8 Å². The number of thiazole rings is 1. The highest BCUT2D eigenvalue weighted by molar-refractivity contribution is 9.10. The SMILES string of the molecule is Cc1c(Nc2cc(C(F)(F)F)ccn2)nc(-c2cnc(C3(O)CCCC4C=C(C(=O)O)C=CC3=C4)s2)c(Br)c1C. The molecule has 2 bridgehead atoms. The van der Waals surface area contributed by atoms with Crippen molar-refractivity contribution in [2.45, 2.75) is 44.9 Å². The van der Waals surface area contributed by atoms with Gasteiger partial charge in [0.1, 0.15) is 22.2 Å². The second-order valence-corrected chi connectivity index (χ2v) is 11.6. The van der Waals surface area contributed by atoms with Gasteiger partial charge in [0.2, 0.25) is 0 Å². The van der Waals surface area contributed by atoms with Crippen molar-refractivity contribution in [3.63, 3.8) is 0 Å². The zero-order valence-corrected chi connectivity index (χ0v) is 23.8. The highest BCUT2D eigenvalue weighted by atomic mass is 79.9. The maximum Gasteiger partial charge on any atom is 0.416 e. The molecule has 3 aromatic rings. The summed E-state index contributed by atoms with van der Waals surface area (Å²) < 4.78 is 40.3. The lowest BCUT2D eigenvalue weighted by Crippen LogP contribution is -2.27. The van der Waals surface area contributed by atoms with Crippen LogP contribution in [0.1, 0.15) is 41.0 Å². The summed E-state index contributed by atoms with van der Waals surface area (Å²) in [6.07, 6.45) is 6.71. The van der Waals surface area contributed by atoms with E-state index in [0.717, 1.165) is 29.5 Å². The number of aliphatic hydroxyl groups is 1. The van der Waals surface area contributed by atoms with Crippen LogP contribution in [0.5, 0.6) is 0 Å². The molecule has 2 atom stereocenters. The van der Waals surface area contributed by atoms with Gasteiger partial charge in [0.25, 0.3) is 0 Å². The molecule has 0 saturated carbocycles. The van der Waals surface area contributed by atoms with Crippen LogP contribution in [0.3, 0.4) is 0 Å². The maximum atomic E-state index is 13.2. The van der Waals surface area contributed by atoms with Crippen LogP contribution >= 0.6 is 27.3 Å². The number of anilines is 2. The first-order valence-corrected chi connectivity index (χ1v) is 14.0. The van der Waals surface area contributed by atoms with Crippen LogP contribution in [0.25, 0.3) is 10.6 Å². The lowest BCUT2D eigenvalue weighted by molar-refractivity contribution is -0.137. The fourth-order valence-corrected chi connectivity index (χ4v) is 6.56. The zero-order chi connectivity index (χ0) is 28.8. The Hall–Kier alpha value is -3.35. The summed E-state index contributed by atoms with van der Waals surface area (Å²) in [5.41, 5.74) is 0.598. The molecule has 2 unspecified atom stereocenters. The molecule has 0 amide bonds. The molecule has 3 N–H and O–H groups in total. The Morgan fingerprint density at radius 1 is 1.20 bits per heavy atom. The molecule has 3 aromatic heterocycles. The first kappa shape index (κ1) is 28.2. The van der Waals surface area contributed by atoms with Crippen LogP contribution in [0, 0.1) is 19.8 Å². The van der Waals surface area contributed by atoms with Gasteiger partial charge in [0.15, 0.2) is 0 Å². The minimum Gasteiger partial charge on any atom is -0.478 e. The number of carbonyl (C=O) groups is 1. The van der Waals surface area contributed by atoms with E-state index in [9.17, 15) is 28.2 Å². The largest absolute Gasteiger partial charge is 0.478 e. The van der Waals surface area contributed by atoms with E-state index in [2.05, 4.69) is 31.2 Å². The van der Waals surface area contributed by atoms with Gasteiger partial charge >= 0.3 is 12.1 Å². The van der Waals surface area contributed by atoms with Crippen LogP contribution in [-0.4, -0.2) is 31.1 Å². The fraction of sp³-hybridized carbons (Fsp3) is 0.286. The first-order valence-electron chi connectivity index (χ1n) is 12.4. The lowest BCUT2D eigenvalue weighted by atomic mass is 9.90. The summed E-state index contributed by atoms with van der Waals surface area (Å²) in [7, 11) is 0. The Kier molecular flexibility index (Phi) is 7.45. The third kappa shape index (κ3) is 5.35. The molecule has 12 heteroatoms. The van der Waals surface area contributed by atoms with Crippen molar-refractivity contribution in [2.24, 2.45) is 5.92 Å². The van der Waals surface area contributed by atoms with Gasteiger partial charge in [-0.2, -0.15) is 13.2 Å². The van der Waals surface area contributed by atoms with Crippen molar-refractivity contribution in [3.8, 4) is 10.6 Å². The number of alkyl halides is 3. The molecule has 40 heavy (non-hydrogen) atoms. The average molecular weight is 633 g/mol. The van der Waals surface area contributed by atoms with Crippen molar-refractivity contribution in [2.75, 3.05) is 5.32 Å². The molecule has 0 fully saturated rings. The average Bonchev–Trinajstić information content (AvgIpc) is 3.22. The van der Waals surface area contributed by atoms with Crippen molar-refractivity contribution in [1.82, 2.24) is 15.0 Å². The lowest BCUT2D eigenvalue weighted by Gasteiger charge is -2.26. The van der Waals surface area contributed by atoms with Gasteiger partial charge in [-0.3, -0.25) is 0 Å². The Balaban J connectivity index is 1.51. The van der Waals surface area contributed by atoms with E-state index in [4.69, 9.17) is 4.98 Å². The third-order valence-corrected chi connectivity index (χ3v) is 9.26. The van der Waals surface area contributed by atoms with E-state index in [-0.39, 0.29) is 17.3 Å². The van der Waals surface area contributed by atoms with E-state index in [1.165, 1.54) is 17.4 Å². The van der Waals surface area contributed by atoms with E-state index >= 15 is 0 Å². The number of rotatable bonds is 5. The van der Waals surface area contributed by atoms with Gasteiger partial charge in [-0.15, -0.1) is 11.3 Å². The second kappa shape index (κ2) is 10.6. The van der Waals surface area contributed by atoms with Crippen LogP contribution in [-0.2, 0) is 16.6 Å². The topological polar surface area (TPSA) is 108 Å². The molecule has 7 nitrogen and oxygen atoms in total. The number of fused-ring (bicyclic) bond motifs is 1. The molecule has 0 aromatic carbocycles. The zero-order valence-electron chi connectivity index (χ0n) is 21.4. The first-order chi connectivity index (χ1) is 18.9. The quantitative estimate of drug-likeness (QED) is 0.272. The monoisotopic (exact) mass is 632 g/mol. The van der Waals surface area contributed by atoms with Crippen LogP contribution in [0.2, 0.25) is 0 Å². The summed E-state index contributed by atoms with van der Waals surface area (Å²) in [4.78, 5) is 25.5.